The molecule has 94 valence electrons. The third-order valence-corrected chi connectivity index (χ3v) is 3.32. The molecule has 3 nitrogen and oxygen atoms in total. The second-order valence-electron chi connectivity index (χ2n) is 4.67. The predicted octanol–water partition coefficient (Wildman–Crippen LogP) is 2.52. The van der Waals surface area contributed by atoms with E-state index >= 15 is 0 Å². The molecular weight excluding hydrogens is 214 g/mol. The molecule has 1 aromatic rings. The first-order chi connectivity index (χ1) is 7.91. The number of rotatable bonds is 5. The highest BCUT2D eigenvalue weighted by Crippen LogP contribution is 2.18. The van der Waals surface area contributed by atoms with E-state index in [1.165, 1.54) is 22.3 Å². The fourth-order valence-corrected chi connectivity index (χ4v) is 1.84. The fourth-order valence-electron chi connectivity index (χ4n) is 1.84. The normalized spacial score (nSPS) is 10.9. The van der Waals surface area contributed by atoms with Gasteiger partial charge < -0.3 is 10.0 Å². The quantitative estimate of drug-likeness (QED) is 0.852. The molecule has 0 bridgehead atoms. The maximum absolute atomic E-state index is 10.5. The summed E-state index contributed by atoms with van der Waals surface area (Å²) in [6.45, 7) is 7.76. The molecule has 1 N–H and O–H groups in total. The van der Waals surface area contributed by atoms with Crippen LogP contribution in [-0.2, 0) is 11.3 Å². The van der Waals surface area contributed by atoms with E-state index in [0.29, 0.717) is 6.54 Å². The molecule has 0 saturated heterocycles. The van der Waals surface area contributed by atoms with Gasteiger partial charge >= 0.3 is 5.97 Å². The topological polar surface area (TPSA) is 40.5 Å². The molecule has 0 saturated carbocycles. The van der Waals surface area contributed by atoms with Crippen molar-refractivity contribution in [1.29, 1.82) is 0 Å². The van der Waals surface area contributed by atoms with Crippen molar-refractivity contribution in [3.8, 4) is 0 Å². The second kappa shape index (κ2) is 5.82. The minimum absolute atomic E-state index is 0.195. The van der Waals surface area contributed by atoms with Crippen molar-refractivity contribution in [2.24, 2.45) is 0 Å². The maximum atomic E-state index is 10.5. The standard InChI is InChI=1S/C14H21NO2/c1-10-5-6-13(12(3)11(10)2)9-15(4)8-7-14(16)17/h5-6H,7-9H2,1-4H3,(H,16,17). The first-order valence-corrected chi connectivity index (χ1v) is 5.88. The van der Waals surface area contributed by atoms with E-state index in [2.05, 4.69) is 32.9 Å². The number of benzene rings is 1. The molecule has 0 atom stereocenters. The van der Waals surface area contributed by atoms with Crippen LogP contribution in [0, 0.1) is 20.8 Å². The second-order valence-corrected chi connectivity index (χ2v) is 4.67. The van der Waals surface area contributed by atoms with Crippen LogP contribution in [0.1, 0.15) is 28.7 Å². The first-order valence-electron chi connectivity index (χ1n) is 5.88. The highest BCUT2D eigenvalue weighted by atomic mass is 16.4. The van der Waals surface area contributed by atoms with Crippen molar-refractivity contribution in [2.45, 2.75) is 33.7 Å². The van der Waals surface area contributed by atoms with E-state index in [-0.39, 0.29) is 6.42 Å². The molecule has 0 spiro atoms. The Kier molecular flexibility index (Phi) is 4.70. The summed E-state index contributed by atoms with van der Waals surface area (Å²) < 4.78 is 0. The Morgan fingerprint density at radius 1 is 1.24 bits per heavy atom. The zero-order valence-corrected chi connectivity index (χ0v) is 11.1. The van der Waals surface area contributed by atoms with Gasteiger partial charge in [-0.25, -0.2) is 0 Å². The summed E-state index contributed by atoms with van der Waals surface area (Å²) in [7, 11) is 1.96. The van der Waals surface area contributed by atoms with Gasteiger partial charge in [0, 0.05) is 13.1 Å². The number of carboxylic acid groups (broad SMARTS) is 1. The van der Waals surface area contributed by atoms with Crippen LogP contribution in [0.2, 0.25) is 0 Å². The zero-order chi connectivity index (χ0) is 13.0. The van der Waals surface area contributed by atoms with Crippen LogP contribution in [0.3, 0.4) is 0 Å². The number of aryl methyl sites for hydroxylation is 1. The molecule has 0 aliphatic carbocycles. The van der Waals surface area contributed by atoms with Crippen molar-refractivity contribution in [3.05, 3.63) is 34.4 Å². The van der Waals surface area contributed by atoms with E-state index in [0.717, 1.165) is 6.54 Å². The molecule has 0 fully saturated rings. The Morgan fingerprint density at radius 3 is 2.47 bits per heavy atom. The summed E-state index contributed by atoms with van der Waals surface area (Å²) in [5, 5.41) is 8.64. The number of hydrogen-bond donors (Lipinski definition) is 1. The largest absolute Gasteiger partial charge is 0.481 e. The molecule has 0 heterocycles. The van der Waals surface area contributed by atoms with Crippen molar-refractivity contribution < 1.29 is 9.90 Å². The van der Waals surface area contributed by atoms with Crippen LogP contribution in [0.15, 0.2) is 12.1 Å². The van der Waals surface area contributed by atoms with Gasteiger partial charge in [0.25, 0.3) is 0 Å². The van der Waals surface area contributed by atoms with Gasteiger partial charge in [-0.05, 0) is 50.1 Å². The van der Waals surface area contributed by atoms with Crippen LogP contribution >= 0.6 is 0 Å². The number of hydrogen-bond acceptors (Lipinski definition) is 2. The zero-order valence-electron chi connectivity index (χ0n) is 11.1. The van der Waals surface area contributed by atoms with E-state index in [9.17, 15) is 4.79 Å². The van der Waals surface area contributed by atoms with Crippen LogP contribution in [-0.4, -0.2) is 29.6 Å². The molecule has 3 heteroatoms. The highest BCUT2D eigenvalue weighted by Gasteiger charge is 2.07. The molecule has 1 aromatic carbocycles. The van der Waals surface area contributed by atoms with Crippen LogP contribution in [0.4, 0.5) is 0 Å². The molecule has 0 unspecified atom stereocenters. The number of carbonyl (C=O) groups is 1. The number of carboxylic acids is 1. The SMILES string of the molecule is Cc1ccc(CN(C)CCC(=O)O)c(C)c1C. The van der Waals surface area contributed by atoms with Crippen molar-refractivity contribution in [3.63, 3.8) is 0 Å². The summed E-state index contributed by atoms with van der Waals surface area (Å²) in [4.78, 5) is 12.5. The summed E-state index contributed by atoms with van der Waals surface area (Å²) in [6, 6.07) is 4.26. The Labute approximate surface area is 103 Å². The Balaban J connectivity index is 2.68. The predicted molar refractivity (Wildman–Crippen MR) is 69.2 cm³/mol. The van der Waals surface area contributed by atoms with E-state index in [1.54, 1.807) is 0 Å². The molecule has 0 radical (unpaired) electrons. The smallest absolute Gasteiger partial charge is 0.304 e. The third kappa shape index (κ3) is 3.86. The minimum Gasteiger partial charge on any atom is -0.481 e. The van der Waals surface area contributed by atoms with Gasteiger partial charge in [-0.3, -0.25) is 4.79 Å². The van der Waals surface area contributed by atoms with E-state index < -0.39 is 5.97 Å². The van der Waals surface area contributed by atoms with Crippen molar-refractivity contribution in [1.82, 2.24) is 4.90 Å². The third-order valence-electron chi connectivity index (χ3n) is 3.32. The Hall–Kier alpha value is -1.35. The molecular formula is C14H21NO2. The van der Waals surface area contributed by atoms with Gasteiger partial charge in [0.2, 0.25) is 0 Å². The number of nitrogens with zero attached hydrogens (tertiary/aromatic N) is 1. The van der Waals surface area contributed by atoms with Crippen molar-refractivity contribution >= 4 is 5.97 Å². The maximum Gasteiger partial charge on any atom is 0.304 e. The highest BCUT2D eigenvalue weighted by molar-refractivity contribution is 5.66. The van der Waals surface area contributed by atoms with Crippen LogP contribution in [0.5, 0.6) is 0 Å². The first kappa shape index (κ1) is 13.7. The fraction of sp³-hybridized carbons (Fsp3) is 0.500. The Morgan fingerprint density at radius 2 is 1.88 bits per heavy atom. The number of aliphatic carboxylic acids is 1. The van der Waals surface area contributed by atoms with Gasteiger partial charge in [0.05, 0.1) is 6.42 Å². The lowest BCUT2D eigenvalue weighted by molar-refractivity contribution is -0.137. The van der Waals surface area contributed by atoms with Gasteiger partial charge in [-0.1, -0.05) is 12.1 Å². The lowest BCUT2D eigenvalue weighted by atomic mass is 9.98. The van der Waals surface area contributed by atoms with Crippen LogP contribution < -0.4 is 0 Å². The molecule has 0 amide bonds. The summed E-state index contributed by atoms with van der Waals surface area (Å²) in [5.41, 5.74) is 5.22. The lowest BCUT2D eigenvalue weighted by Crippen LogP contribution is -2.22. The summed E-state index contributed by atoms with van der Waals surface area (Å²) >= 11 is 0. The van der Waals surface area contributed by atoms with Gasteiger partial charge in [-0.2, -0.15) is 0 Å². The monoisotopic (exact) mass is 235 g/mol. The van der Waals surface area contributed by atoms with Crippen molar-refractivity contribution in [2.75, 3.05) is 13.6 Å². The van der Waals surface area contributed by atoms with Gasteiger partial charge in [0.1, 0.15) is 0 Å². The van der Waals surface area contributed by atoms with Gasteiger partial charge in [0.15, 0.2) is 0 Å². The molecule has 0 aliphatic heterocycles. The molecule has 0 aliphatic rings. The summed E-state index contributed by atoms with van der Waals surface area (Å²) in [6.07, 6.45) is 0.195. The summed E-state index contributed by atoms with van der Waals surface area (Å²) in [5.74, 6) is -0.742. The van der Waals surface area contributed by atoms with Gasteiger partial charge in [-0.15, -0.1) is 0 Å². The molecule has 17 heavy (non-hydrogen) atoms. The average Bonchev–Trinajstić information content (AvgIpc) is 2.27. The Bertz CT molecular complexity index is 413. The van der Waals surface area contributed by atoms with E-state index in [1.807, 2.05) is 11.9 Å². The molecule has 0 aromatic heterocycles. The van der Waals surface area contributed by atoms with E-state index in [4.69, 9.17) is 5.11 Å². The molecule has 1 rings (SSSR count). The minimum atomic E-state index is -0.742. The van der Waals surface area contributed by atoms with Crippen LogP contribution in [0.25, 0.3) is 0 Å². The lowest BCUT2D eigenvalue weighted by Gasteiger charge is -2.18. The average molecular weight is 235 g/mol.